The average molecular weight is 200 g/mol. The van der Waals surface area contributed by atoms with E-state index in [0.29, 0.717) is 0 Å². The van der Waals surface area contributed by atoms with Crippen LogP contribution in [-0.2, 0) is 4.74 Å². The van der Waals surface area contributed by atoms with Gasteiger partial charge in [-0.05, 0) is 37.9 Å². The van der Waals surface area contributed by atoms with E-state index in [9.17, 15) is 0 Å². The first-order chi connectivity index (χ1) is 6.83. The van der Waals surface area contributed by atoms with Crippen molar-refractivity contribution < 1.29 is 4.74 Å². The van der Waals surface area contributed by atoms with Crippen molar-refractivity contribution in [3.8, 4) is 0 Å². The minimum Gasteiger partial charge on any atom is -0.381 e. The second-order valence-electron chi connectivity index (χ2n) is 4.30. The number of nitrogens with one attached hydrogen (secondary N) is 2. The average Bonchev–Trinajstić information content (AvgIpc) is 2.67. The summed E-state index contributed by atoms with van der Waals surface area (Å²) in [6, 6.07) is 0. The molecule has 0 amide bonds. The Bertz CT molecular complexity index is 135. The van der Waals surface area contributed by atoms with E-state index in [0.717, 1.165) is 51.2 Å². The molecule has 0 radical (unpaired) electrons. The first kappa shape index (κ1) is 12.0. The van der Waals surface area contributed by atoms with Gasteiger partial charge in [-0.25, -0.2) is 0 Å². The lowest BCUT2D eigenvalue weighted by molar-refractivity contribution is 0.185. The van der Waals surface area contributed by atoms with Gasteiger partial charge < -0.3 is 15.4 Å². The summed E-state index contributed by atoms with van der Waals surface area (Å²) in [7, 11) is 0. The van der Waals surface area contributed by atoms with Gasteiger partial charge in [0.05, 0.1) is 6.61 Å². The van der Waals surface area contributed by atoms with E-state index in [2.05, 4.69) is 24.5 Å². The summed E-state index contributed by atoms with van der Waals surface area (Å²) in [5.41, 5.74) is 0. The lowest BCUT2D eigenvalue weighted by atomic mass is 10.1. The van der Waals surface area contributed by atoms with Gasteiger partial charge in [0.2, 0.25) is 0 Å². The predicted molar refractivity (Wildman–Crippen MR) is 59.5 cm³/mol. The van der Waals surface area contributed by atoms with Gasteiger partial charge >= 0.3 is 0 Å². The summed E-state index contributed by atoms with van der Waals surface area (Å²) < 4.78 is 5.33. The van der Waals surface area contributed by atoms with Gasteiger partial charge in [-0.2, -0.15) is 0 Å². The third kappa shape index (κ3) is 4.94. The molecule has 1 rings (SSSR count). The van der Waals surface area contributed by atoms with Crippen LogP contribution >= 0.6 is 0 Å². The molecule has 1 aliphatic rings. The van der Waals surface area contributed by atoms with Crippen LogP contribution in [-0.4, -0.2) is 39.4 Å². The smallest absolute Gasteiger partial charge is 0.0507 e. The summed E-state index contributed by atoms with van der Waals surface area (Å²) in [6.07, 6.45) is 1.23. The fourth-order valence-electron chi connectivity index (χ4n) is 1.74. The zero-order valence-corrected chi connectivity index (χ0v) is 9.51. The topological polar surface area (TPSA) is 33.3 Å². The van der Waals surface area contributed by atoms with E-state index in [-0.39, 0.29) is 0 Å². The molecule has 0 bridgehead atoms. The third-order valence-corrected chi connectivity index (χ3v) is 2.69. The maximum atomic E-state index is 5.33. The van der Waals surface area contributed by atoms with Gasteiger partial charge in [-0.1, -0.05) is 13.8 Å². The van der Waals surface area contributed by atoms with Gasteiger partial charge in [0, 0.05) is 13.2 Å². The molecule has 1 aliphatic heterocycles. The Morgan fingerprint density at radius 1 is 1.36 bits per heavy atom. The Labute approximate surface area is 87.6 Å². The van der Waals surface area contributed by atoms with E-state index in [1.54, 1.807) is 0 Å². The Kier molecular flexibility index (Phi) is 6.15. The van der Waals surface area contributed by atoms with Crippen molar-refractivity contribution in [2.24, 2.45) is 11.8 Å². The fraction of sp³-hybridized carbons (Fsp3) is 1.00. The highest BCUT2D eigenvalue weighted by Crippen LogP contribution is 2.10. The zero-order valence-electron chi connectivity index (χ0n) is 9.51. The van der Waals surface area contributed by atoms with Gasteiger partial charge in [0.1, 0.15) is 0 Å². The van der Waals surface area contributed by atoms with Crippen LogP contribution in [0.15, 0.2) is 0 Å². The lowest BCUT2D eigenvalue weighted by Crippen LogP contribution is -2.32. The number of rotatable bonds is 7. The minimum atomic E-state index is 0.720. The van der Waals surface area contributed by atoms with Crippen molar-refractivity contribution in [3.05, 3.63) is 0 Å². The van der Waals surface area contributed by atoms with Crippen LogP contribution in [0.2, 0.25) is 0 Å². The molecule has 3 nitrogen and oxygen atoms in total. The quantitative estimate of drug-likeness (QED) is 0.639. The molecule has 0 aromatic heterocycles. The van der Waals surface area contributed by atoms with Gasteiger partial charge in [0.15, 0.2) is 0 Å². The molecule has 2 atom stereocenters. The van der Waals surface area contributed by atoms with Crippen molar-refractivity contribution in [1.82, 2.24) is 10.6 Å². The molecule has 84 valence electrons. The van der Waals surface area contributed by atoms with Crippen molar-refractivity contribution in [3.63, 3.8) is 0 Å². The molecule has 0 aromatic rings. The van der Waals surface area contributed by atoms with Crippen LogP contribution < -0.4 is 10.6 Å². The molecule has 0 spiro atoms. The summed E-state index contributed by atoms with van der Waals surface area (Å²) in [5, 5.41) is 6.88. The first-order valence-corrected chi connectivity index (χ1v) is 5.82. The summed E-state index contributed by atoms with van der Waals surface area (Å²) in [5.74, 6) is 1.47. The molecule has 3 heteroatoms. The zero-order chi connectivity index (χ0) is 10.2. The van der Waals surface area contributed by atoms with Crippen LogP contribution in [0.1, 0.15) is 20.3 Å². The molecule has 1 fully saturated rings. The predicted octanol–water partition coefficient (Wildman–Crippen LogP) is 0.858. The van der Waals surface area contributed by atoms with Crippen LogP contribution in [0.25, 0.3) is 0 Å². The van der Waals surface area contributed by atoms with Crippen LogP contribution in [0.5, 0.6) is 0 Å². The highest BCUT2D eigenvalue weighted by atomic mass is 16.5. The second-order valence-corrected chi connectivity index (χ2v) is 4.30. The van der Waals surface area contributed by atoms with Crippen LogP contribution in [0, 0.1) is 11.8 Å². The summed E-state index contributed by atoms with van der Waals surface area (Å²) in [4.78, 5) is 0. The Balaban J connectivity index is 1.91. The summed E-state index contributed by atoms with van der Waals surface area (Å²) >= 11 is 0. The molecule has 1 saturated heterocycles. The van der Waals surface area contributed by atoms with E-state index < -0.39 is 0 Å². The molecule has 0 aliphatic carbocycles. The minimum absolute atomic E-state index is 0.720. The molecule has 1 heterocycles. The number of ether oxygens (including phenoxy) is 1. The molecule has 2 N–H and O–H groups in total. The largest absolute Gasteiger partial charge is 0.381 e. The molecular weight excluding hydrogens is 176 g/mol. The summed E-state index contributed by atoms with van der Waals surface area (Å²) in [6.45, 7) is 10.8. The van der Waals surface area contributed by atoms with E-state index in [1.807, 2.05) is 0 Å². The molecule has 2 unspecified atom stereocenters. The molecular formula is C11H24N2O. The molecule has 0 saturated carbocycles. The van der Waals surface area contributed by atoms with Crippen molar-refractivity contribution in [2.75, 3.05) is 39.4 Å². The van der Waals surface area contributed by atoms with Gasteiger partial charge in [0.25, 0.3) is 0 Å². The maximum absolute atomic E-state index is 5.33. The Hall–Kier alpha value is -0.120. The van der Waals surface area contributed by atoms with E-state index in [1.165, 1.54) is 6.42 Å². The normalized spacial score (nSPS) is 24.0. The second kappa shape index (κ2) is 7.21. The van der Waals surface area contributed by atoms with Crippen LogP contribution in [0.4, 0.5) is 0 Å². The highest BCUT2D eigenvalue weighted by Gasteiger charge is 2.14. The van der Waals surface area contributed by atoms with E-state index in [4.69, 9.17) is 4.74 Å². The standard InChI is InChI=1S/C11H24N2O/c1-3-12-6-10(2)7-13-8-11-4-5-14-9-11/h10-13H,3-9H2,1-2H3. The van der Waals surface area contributed by atoms with Gasteiger partial charge in [-0.3, -0.25) is 0 Å². The SMILES string of the molecule is CCNCC(C)CNCC1CCOC1. The Morgan fingerprint density at radius 3 is 2.79 bits per heavy atom. The Morgan fingerprint density at radius 2 is 2.14 bits per heavy atom. The van der Waals surface area contributed by atoms with Crippen molar-refractivity contribution in [2.45, 2.75) is 20.3 Å². The van der Waals surface area contributed by atoms with Crippen LogP contribution in [0.3, 0.4) is 0 Å². The lowest BCUT2D eigenvalue weighted by Gasteiger charge is -2.14. The highest BCUT2D eigenvalue weighted by molar-refractivity contribution is 4.68. The number of hydrogen-bond donors (Lipinski definition) is 2. The third-order valence-electron chi connectivity index (χ3n) is 2.69. The van der Waals surface area contributed by atoms with Crippen molar-refractivity contribution in [1.29, 1.82) is 0 Å². The number of hydrogen-bond acceptors (Lipinski definition) is 3. The van der Waals surface area contributed by atoms with E-state index >= 15 is 0 Å². The van der Waals surface area contributed by atoms with Crippen molar-refractivity contribution >= 4 is 0 Å². The maximum Gasteiger partial charge on any atom is 0.0507 e. The molecule has 14 heavy (non-hydrogen) atoms. The monoisotopic (exact) mass is 200 g/mol. The fourth-order valence-corrected chi connectivity index (χ4v) is 1.74. The molecule has 0 aromatic carbocycles. The van der Waals surface area contributed by atoms with Gasteiger partial charge in [-0.15, -0.1) is 0 Å². The first-order valence-electron chi connectivity index (χ1n) is 5.82.